The van der Waals surface area contributed by atoms with Crippen molar-refractivity contribution in [1.82, 2.24) is 4.90 Å². The van der Waals surface area contributed by atoms with Gasteiger partial charge in [-0.05, 0) is 25.3 Å². The second kappa shape index (κ2) is 7.57. The van der Waals surface area contributed by atoms with Gasteiger partial charge in [0.05, 0.1) is 6.10 Å². The maximum atomic E-state index is 10.9. The molecule has 4 heteroatoms. The number of hydrogen-bond donors (Lipinski definition) is 1. The Morgan fingerprint density at radius 1 is 1.38 bits per heavy atom. The van der Waals surface area contributed by atoms with E-state index in [0.29, 0.717) is 18.4 Å². The Morgan fingerprint density at radius 3 is 2.71 bits per heavy atom. The molecule has 21 heavy (non-hydrogen) atoms. The van der Waals surface area contributed by atoms with Gasteiger partial charge in [0.1, 0.15) is 0 Å². The molecule has 2 atom stereocenters. The van der Waals surface area contributed by atoms with Gasteiger partial charge in [-0.2, -0.15) is 0 Å². The van der Waals surface area contributed by atoms with Crippen molar-refractivity contribution in [3.8, 4) is 0 Å². The number of ether oxygens (including phenoxy) is 1. The number of carbonyl (C=O) groups is 1. The highest BCUT2D eigenvalue weighted by Crippen LogP contribution is 2.24. The fourth-order valence-electron chi connectivity index (χ4n) is 3.09. The summed E-state index contributed by atoms with van der Waals surface area (Å²) in [6.45, 7) is 4.82. The summed E-state index contributed by atoms with van der Waals surface area (Å²) in [4.78, 5) is 13.3. The minimum absolute atomic E-state index is 0.223. The molecule has 2 rings (SSSR count). The molecule has 1 aromatic carbocycles. The number of aryl methyl sites for hydroxylation is 1. The number of amides is 1. The van der Waals surface area contributed by atoms with Gasteiger partial charge in [0.2, 0.25) is 5.91 Å². The molecule has 1 aromatic rings. The zero-order chi connectivity index (χ0) is 15.2. The van der Waals surface area contributed by atoms with Crippen LogP contribution < -0.4 is 5.73 Å². The van der Waals surface area contributed by atoms with Gasteiger partial charge in [0.25, 0.3) is 0 Å². The zero-order valence-electron chi connectivity index (χ0n) is 13.0. The van der Waals surface area contributed by atoms with Gasteiger partial charge in [0, 0.05) is 39.1 Å². The third kappa shape index (κ3) is 4.83. The number of benzene rings is 1. The second-order valence-corrected chi connectivity index (χ2v) is 6.03. The smallest absolute Gasteiger partial charge is 0.218 e. The van der Waals surface area contributed by atoms with E-state index >= 15 is 0 Å². The van der Waals surface area contributed by atoms with Crippen molar-refractivity contribution in [2.24, 2.45) is 11.7 Å². The number of likely N-dealkylation sites (tertiary alicyclic amines) is 1. The molecule has 0 spiro atoms. The highest BCUT2D eigenvalue weighted by Gasteiger charge is 2.29. The van der Waals surface area contributed by atoms with Crippen molar-refractivity contribution in [2.45, 2.75) is 32.3 Å². The molecule has 4 nitrogen and oxygen atoms in total. The molecule has 0 unspecified atom stereocenters. The van der Waals surface area contributed by atoms with Crippen LogP contribution in [-0.4, -0.2) is 43.7 Å². The molecule has 0 aliphatic carbocycles. The molecule has 1 aliphatic rings. The summed E-state index contributed by atoms with van der Waals surface area (Å²) in [6, 6.07) is 8.71. The Morgan fingerprint density at radius 2 is 2.10 bits per heavy atom. The van der Waals surface area contributed by atoms with Crippen LogP contribution in [0.3, 0.4) is 0 Å². The lowest BCUT2D eigenvalue weighted by molar-refractivity contribution is -0.118. The van der Waals surface area contributed by atoms with Crippen molar-refractivity contribution in [2.75, 3.05) is 26.7 Å². The Labute approximate surface area is 127 Å². The van der Waals surface area contributed by atoms with Gasteiger partial charge in [0.15, 0.2) is 0 Å². The van der Waals surface area contributed by atoms with Crippen LogP contribution in [0.5, 0.6) is 0 Å². The molecule has 0 aromatic heterocycles. The average molecular weight is 290 g/mol. The molecular weight excluding hydrogens is 264 g/mol. The molecule has 1 fully saturated rings. The number of primary amides is 1. The van der Waals surface area contributed by atoms with E-state index in [2.05, 4.69) is 36.1 Å². The number of methoxy groups -OCH3 is 1. The van der Waals surface area contributed by atoms with Crippen molar-refractivity contribution in [3.05, 3.63) is 35.4 Å². The van der Waals surface area contributed by atoms with E-state index in [1.54, 1.807) is 7.11 Å². The maximum Gasteiger partial charge on any atom is 0.218 e. The molecule has 116 valence electrons. The van der Waals surface area contributed by atoms with Crippen LogP contribution in [0.25, 0.3) is 0 Å². The molecule has 1 heterocycles. The summed E-state index contributed by atoms with van der Waals surface area (Å²) < 4.78 is 5.66. The Bertz CT molecular complexity index is 458. The molecule has 1 aliphatic heterocycles. The summed E-state index contributed by atoms with van der Waals surface area (Å²) in [5.74, 6) is 0.248. The molecule has 2 N–H and O–H groups in total. The third-order valence-electron chi connectivity index (χ3n) is 4.34. The van der Waals surface area contributed by atoms with Gasteiger partial charge >= 0.3 is 0 Å². The van der Waals surface area contributed by atoms with Gasteiger partial charge in [-0.3, -0.25) is 4.79 Å². The summed E-state index contributed by atoms with van der Waals surface area (Å²) >= 11 is 0. The van der Waals surface area contributed by atoms with E-state index in [4.69, 9.17) is 10.5 Å². The second-order valence-electron chi connectivity index (χ2n) is 6.03. The monoisotopic (exact) mass is 290 g/mol. The first-order valence-corrected chi connectivity index (χ1v) is 7.67. The highest BCUT2D eigenvalue weighted by molar-refractivity contribution is 5.73. The fraction of sp³-hybridized carbons (Fsp3) is 0.588. The van der Waals surface area contributed by atoms with Crippen LogP contribution in [0, 0.1) is 12.8 Å². The normalized spacial score (nSPS) is 23.1. The fourth-order valence-corrected chi connectivity index (χ4v) is 3.09. The molecule has 1 amide bonds. The maximum absolute atomic E-state index is 10.9. The first-order valence-electron chi connectivity index (χ1n) is 7.67. The number of rotatable bonds is 6. The van der Waals surface area contributed by atoms with Crippen molar-refractivity contribution >= 4 is 5.91 Å². The largest absolute Gasteiger partial charge is 0.381 e. The topological polar surface area (TPSA) is 55.6 Å². The summed E-state index contributed by atoms with van der Waals surface area (Å²) in [6.07, 6.45) is 2.78. The quantitative estimate of drug-likeness (QED) is 0.868. The van der Waals surface area contributed by atoms with E-state index in [-0.39, 0.29) is 5.91 Å². The Kier molecular flexibility index (Phi) is 5.76. The summed E-state index contributed by atoms with van der Waals surface area (Å²) in [5.41, 5.74) is 7.88. The third-order valence-corrected chi connectivity index (χ3v) is 4.34. The van der Waals surface area contributed by atoms with Gasteiger partial charge in [-0.15, -0.1) is 0 Å². The number of hydrogen-bond acceptors (Lipinski definition) is 3. The van der Waals surface area contributed by atoms with E-state index in [1.807, 2.05) is 0 Å². The number of nitrogens with zero attached hydrogens (tertiary/aromatic N) is 1. The van der Waals surface area contributed by atoms with Crippen LogP contribution >= 0.6 is 0 Å². The van der Waals surface area contributed by atoms with Crippen LogP contribution in [0.2, 0.25) is 0 Å². The van der Waals surface area contributed by atoms with E-state index < -0.39 is 0 Å². The molecular formula is C17H26N2O2. The summed E-state index contributed by atoms with van der Waals surface area (Å²) in [5, 5.41) is 0. The van der Waals surface area contributed by atoms with Crippen LogP contribution in [0.4, 0.5) is 0 Å². The lowest BCUT2D eigenvalue weighted by Crippen LogP contribution is -2.45. The first kappa shape index (κ1) is 16.0. The van der Waals surface area contributed by atoms with E-state index in [9.17, 15) is 4.79 Å². The van der Waals surface area contributed by atoms with Gasteiger partial charge in [-0.1, -0.05) is 29.8 Å². The lowest BCUT2D eigenvalue weighted by atomic mass is 9.88. The summed E-state index contributed by atoms with van der Waals surface area (Å²) in [7, 11) is 1.80. The minimum atomic E-state index is -0.223. The lowest BCUT2D eigenvalue weighted by Gasteiger charge is -2.38. The Balaban J connectivity index is 1.96. The van der Waals surface area contributed by atoms with Crippen LogP contribution in [-0.2, 0) is 16.0 Å². The van der Waals surface area contributed by atoms with Crippen molar-refractivity contribution in [3.63, 3.8) is 0 Å². The van der Waals surface area contributed by atoms with Gasteiger partial charge < -0.3 is 15.4 Å². The number of nitrogens with two attached hydrogens (primary N) is 1. The van der Waals surface area contributed by atoms with E-state index in [1.165, 1.54) is 11.1 Å². The predicted octanol–water partition coefficient (Wildman–Crippen LogP) is 1.75. The molecule has 0 radical (unpaired) electrons. The predicted molar refractivity (Wildman–Crippen MR) is 84.0 cm³/mol. The standard InChI is InChI=1S/C17H26N2O2/c1-13-3-5-14(6-4-13)11-15-12-19(10-8-17(18)20)9-7-16(15)21-2/h3-6,15-16H,7-12H2,1-2H3,(H2,18,20)/t15-,16-/m1/s1. The van der Waals surface area contributed by atoms with Crippen LogP contribution in [0.1, 0.15) is 24.0 Å². The van der Waals surface area contributed by atoms with Crippen LogP contribution in [0.15, 0.2) is 24.3 Å². The minimum Gasteiger partial charge on any atom is -0.381 e. The first-order chi connectivity index (χ1) is 10.1. The zero-order valence-corrected chi connectivity index (χ0v) is 13.0. The van der Waals surface area contributed by atoms with Crippen molar-refractivity contribution in [1.29, 1.82) is 0 Å². The number of carbonyl (C=O) groups excluding carboxylic acids is 1. The molecule has 1 saturated heterocycles. The highest BCUT2D eigenvalue weighted by atomic mass is 16.5. The molecule has 0 saturated carbocycles. The average Bonchev–Trinajstić information content (AvgIpc) is 2.48. The molecule has 0 bridgehead atoms. The Hall–Kier alpha value is -1.39. The van der Waals surface area contributed by atoms with E-state index in [0.717, 1.165) is 32.5 Å². The SMILES string of the molecule is CO[C@@H]1CCN(CCC(N)=O)C[C@H]1Cc1ccc(C)cc1. The van der Waals surface area contributed by atoms with Gasteiger partial charge in [-0.25, -0.2) is 0 Å². The van der Waals surface area contributed by atoms with Crippen molar-refractivity contribution < 1.29 is 9.53 Å². The number of piperidine rings is 1.